The first kappa shape index (κ1) is 20.4. The molecule has 1 amide bonds. The number of sulfone groups is 1. The van der Waals surface area contributed by atoms with Crippen LogP contribution in [0.25, 0.3) is 0 Å². The second-order valence-electron chi connectivity index (χ2n) is 5.60. The Morgan fingerprint density at radius 2 is 1.70 bits per heavy atom. The lowest BCUT2D eigenvalue weighted by molar-refractivity contribution is -0.124. The van der Waals surface area contributed by atoms with Gasteiger partial charge in [0.25, 0.3) is 5.91 Å². The van der Waals surface area contributed by atoms with Crippen molar-refractivity contribution in [3.05, 3.63) is 59.7 Å². The molecule has 0 unspecified atom stereocenters. The number of hydrogen-bond donors (Lipinski definition) is 1. The predicted octanol–water partition coefficient (Wildman–Crippen LogP) is 1.96. The number of amides is 1. The molecule has 144 valence electrons. The number of esters is 1. The van der Waals surface area contributed by atoms with Gasteiger partial charge in [-0.15, -0.1) is 0 Å². The number of carbonyl (C=O) groups is 2. The molecule has 0 heterocycles. The molecule has 0 fully saturated rings. The van der Waals surface area contributed by atoms with Gasteiger partial charge < -0.3 is 14.8 Å². The van der Waals surface area contributed by atoms with E-state index in [0.29, 0.717) is 5.75 Å². The summed E-state index contributed by atoms with van der Waals surface area (Å²) in [5.41, 5.74) is 0.775. The van der Waals surface area contributed by atoms with Crippen LogP contribution in [0.1, 0.15) is 22.8 Å². The van der Waals surface area contributed by atoms with Crippen LogP contribution < -0.4 is 10.1 Å². The van der Waals surface area contributed by atoms with Crippen LogP contribution in [0.4, 0.5) is 0 Å². The lowest BCUT2D eigenvalue weighted by atomic mass is 10.2. The van der Waals surface area contributed by atoms with Gasteiger partial charge >= 0.3 is 5.97 Å². The summed E-state index contributed by atoms with van der Waals surface area (Å²) in [5.74, 6) is -0.781. The zero-order valence-electron chi connectivity index (χ0n) is 15.1. The number of ether oxygens (including phenoxy) is 2. The largest absolute Gasteiger partial charge is 0.497 e. The van der Waals surface area contributed by atoms with Crippen LogP contribution in [-0.4, -0.2) is 39.8 Å². The van der Waals surface area contributed by atoms with Crippen molar-refractivity contribution >= 4 is 21.7 Å². The first-order chi connectivity index (χ1) is 12.9. The van der Waals surface area contributed by atoms with E-state index < -0.39 is 28.3 Å². The summed E-state index contributed by atoms with van der Waals surface area (Å²) < 4.78 is 34.2. The molecule has 0 spiro atoms. The van der Waals surface area contributed by atoms with Crippen LogP contribution in [0.3, 0.4) is 0 Å². The number of methoxy groups -OCH3 is 1. The van der Waals surface area contributed by atoms with Crippen molar-refractivity contribution < 1.29 is 27.5 Å². The second-order valence-corrected chi connectivity index (χ2v) is 7.85. The first-order valence-electron chi connectivity index (χ1n) is 8.26. The van der Waals surface area contributed by atoms with Gasteiger partial charge in [-0.05, 0) is 29.8 Å². The standard InChI is InChI=1S/C19H21NO6S/c1-3-27(23,24)17-7-5-4-6-16(17)19(22)26-13-18(21)20-12-14-8-10-15(25-2)11-9-14/h4-11H,3,12-13H2,1-2H3,(H,20,21). The highest BCUT2D eigenvalue weighted by molar-refractivity contribution is 7.91. The Bertz CT molecular complexity index is 906. The van der Waals surface area contributed by atoms with Crippen LogP contribution >= 0.6 is 0 Å². The lowest BCUT2D eigenvalue weighted by Crippen LogP contribution is -2.28. The van der Waals surface area contributed by atoms with Gasteiger partial charge in [0.2, 0.25) is 0 Å². The van der Waals surface area contributed by atoms with Gasteiger partial charge in [0, 0.05) is 6.54 Å². The summed E-state index contributed by atoms with van der Waals surface area (Å²) in [7, 11) is -2.01. The molecule has 1 N–H and O–H groups in total. The van der Waals surface area contributed by atoms with Crippen LogP contribution in [-0.2, 0) is 25.9 Å². The fourth-order valence-corrected chi connectivity index (χ4v) is 3.35. The fraction of sp³-hybridized carbons (Fsp3) is 0.263. The first-order valence-corrected chi connectivity index (χ1v) is 9.91. The maximum absolute atomic E-state index is 12.2. The van der Waals surface area contributed by atoms with Crippen molar-refractivity contribution in [1.29, 1.82) is 0 Å². The highest BCUT2D eigenvalue weighted by Crippen LogP contribution is 2.18. The molecule has 2 aromatic carbocycles. The third-order valence-corrected chi connectivity index (χ3v) is 5.59. The molecule has 2 rings (SSSR count). The molecule has 2 aromatic rings. The second kappa shape index (κ2) is 9.18. The van der Waals surface area contributed by atoms with Gasteiger partial charge in [-0.25, -0.2) is 13.2 Å². The summed E-state index contributed by atoms with van der Waals surface area (Å²) in [6.45, 7) is 1.25. The van der Waals surface area contributed by atoms with E-state index >= 15 is 0 Å². The van der Waals surface area contributed by atoms with E-state index in [-0.39, 0.29) is 22.8 Å². The maximum Gasteiger partial charge on any atom is 0.339 e. The van der Waals surface area contributed by atoms with Gasteiger partial charge in [0.05, 0.1) is 23.3 Å². The zero-order valence-corrected chi connectivity index (χ0v) is 15.9. The average molecular weight is 391 g/mol. The Morgan fingerprint density at radius 3 is 2.33 bits per heavy atom. The van der Waals surface area contributed by atoms with E-state index in [4.69, 9.17) is 9.47 Å². The SMILES string of the molecule is CCS(=O)(=O)c1ccccc1C(=O)OCC(=O)NCc1ccc(OC)cc1. The quantitative estimate of drug-likeness (QED) is 0.691. The summed E-state index contributed by atoms with van der Waals surface area (Å²) in [5, 5.41) is 2.62. The molecule has 0 aliphatic heterocycles. The number of rotatable bonds is 8. The summed E-state index contributed by atoms with van der Waals surface area (Å²) >= 11 is 0. The Labute approximate surface area is 158 Å². The normalized spacial score (nSPS) is 10.9. The smallest absolute Gasteiger partial charge is 0.339 e. The molecule has 0 atom stereocenters. The van der Waals surface area contributed by atoms with Gasteiger partial charge in [0.15, 0.2) is 16.4 Å². The third kappa shape index (κ3) is 5.55. The average Bonchev–Trinajstić information content (AvgIpc) is 2.70. The number of carbonyl (C=O) groups excluding carboxylic acids is 2. The highest BCUT2D eigenvalue weighted by atomic mass is 32.2. The van der Waals surface area contributed by atoms with E-state index in [2.05, 4.69) is 5.32 Å². The maximum atomic E-state index is 12.2. The molecule has 8 heteroatoms. The molecule has 0 aromatic heterocycles. The summed E-state index contributed by atoms with van der Waals surface area (Å²) in [4.78, 5) is 24.0. The summed E-state index contributed by atoms with van der Waals surface area (Å²) in [6, 6.07) is 12.9. The predicted molar refractivity (Wildman–Crippen MR) is 99.3 cm³/mol. The van der Waals surface area contributed by atoms with E-state index in [1.165, 1.54) is 31.2 Å². The fourth-order valence-electron chi connectivity index (χ4n) is 2.27. The van der Waals surface area contributed by atoms with Gasteiger partial charge in [-0.3, -0.25) is 4.79 Å². The molecule has 0 bridgehead atoms. The van der Waals surface area contributed by atoms with Crippen LogP contribution in [0, 0.1) is 0 Å². The zero-order chi connectivity index (χ0) is 19.9. The number of nitrogens with one attached hydrogen (secondary N) is 1. The Morgan fingerprint density at radius 1 is 1.04 bits per heavy atom. The molecular weight excluding hydrogens is 370 g/mol. The molecular formula is C19H21NO6S. The minimum atomic E-state index is -3.58. The lowest BCUT2D eigenvalue weighted by Gasteiger charge is -2.10. The van der Waals surface area contributed by atoms with Crippen molar-refractivity contribution in [2.24, 2.45) is 0 Å². The third-order valence-electron chi connectivity index (χ3n) is 3.81. The Balaban J connectivity index is 1.92. The van der Waals surface area contributed by atoms with E-state index in [0.717, 1.165) is 5.56 Å². The highest BCUT2D eigenvalue weighted by Gasteiger charge is 2.22. The van der Waals surface area contributed by atoms with Crippen LogP contribution in [0.5, 0.6) is 5.75 Å². The molecule has 0 aliphatic rings. The summed E-state index contributed by atoms with van der Waals surface area (Å²) in [6.07, 6.45) is 0. The monoisotopic (exact) mass is 391 g/mol. The minimum absolute atomic E-state index is 0.0812. The van der Waals surface area contributed by atoms with Crippen molar-refractivity contribution in [2.75, 3.05) is 19.5 Å². The molecule has 0 saturated heterocycles. The van der Waals surface area contributed by atoms with Crippen molar-refractivity contribution in [3.63, 3.8) is 0 Å². The Kier molecular flexibility index (Phi) is 6.95. The topological polar surface area (TPSA) is 98.8 Å². The minimum Gasteiger partial charge on any atom is -0.497 e. The number of hydrogen-bond acceptors (Lipinski definition) is 6. The van der Waals surface area contributed by atoms with Gasteiger partial charge in [-0.2, -0.15) is 0 Å². The Hall–Kier alpha value is -2.87. The molecule has 0 saturated carbocycles. The molecule has 0 radical (unpaired) electrons. The van der Waals surface area contributed by atoms with E-state index in [9.17, 15) is 18.0 Å². The van der Waals surface area contributed by atoms with E-state index in [1.54, 1.807) is 31.4 Å². The van der Waals surface area contributed by atoms with Crippen LogP contribution in [0.15, 0.2) is 53.4 Å². The van der Waals surface area contributed by atoms with Gasteiger partial charge in [0.1, 0.15) is 5.75 Å². The van der Waals surface area contributed by atoms with Crippen molar-refractivity contribution in [2.45, 2.75) is 18.4 Å². The van der Waals surface area contributed by atoms with Crippen LogP contribution in [0.2, 0.25) is 0 Å². The number of benzene rings is 2. The molecule has 0 aliphatic carbocycles. The van der Waals surface area contributed by atoms with Crippen molar-refractivity contribution in [3.8, 4) is 5.75 Å². The molecule has 7 nitrogen and oxygen atoms in total. The molecule has 27 heavy (non-hydrogen) atoms. The van der Waals surface area contributed by atoms with Crippen molar-refractivity contribution in [1.82, 2.24) is 5.32 Å². The van der Waals surface area contributed by atoms with E-state index in [1.807, 2.05) is 0 Å². The van der Waals surface area contributed by atoms with Gasteiger partial charge in [-0.1, -0.05) is 31.2 Å².